The van der Waals surface area contributed by atoms with Gasteiger partial charge in [0.05, 0.1) is 18.1 Å². The van der Waals surface area contributed by atoms with Crippen LogP contribution >= 0.6 is 0 Å². The summed E-state index contributed by atoms with van der Waals surface area (Å²) in [6.07, 6.45) is 5.73. The van der Waals surface area contributed by atoms with Gasteiger partial charge < -0.3 is 14.5 Å². The molecule has 2 fully saturated rings. The smallest absolute Gasteiger partial charge is 0.410 e. The predicted octanol–water partition coefficient (Wildman–Crippen LogP) is 2.62. The molecular weight excluding hydrogens is 292 g/mol. The molecule has 1 aromatic heterocycles. The fourth-order valence-corrected chi connectivity index (χ4v) is 3.46. The van der Waals surface area contributed by atoms with E-state index in [1.54, 1.807) is 0 Å². The third-order valence-electron chi connectivity index (χ3n) is 4.66. The van der Waals surface area contributed by atoms with E-state index >= 15 is 0 Å². The van der Waals surface area contributed by atoms with Crippen LogP contribution in [0.3, 0.4) is 0 Å². The van der Waals surface area contributed by atoms with Gasteiger partial charge in [-0.05, 0) is 40.5 Å². The van der Waals surface area contributed by atoms with Gasteiger partial charge in [0.1, 0.15) is 11.4 Å². The fraction of sp³-hybridized carbons (Fsp3) is 0.706. The Balaban J connectivity index is 1.62. The van der Waals surface area contributed by atoms with Gasteiger partial charge in [-0.2, -0.15) is 0 Å². The van der Waals surface area contributed by atoms with Crippen molar-refractivity contribution >= 4 is 11.8 Å². The average Bonchev–Trinajstić information content (AvgIpc) is 3.06. The molecule has 3 heterocycles. The summed E-state index contributed by atoms with van der Waals surface area (Å²) < 4.78 is 5.50. The molecule has 1 spiro atoms. The van der Waals surface area contributed by atoms with Crippen molar-refractivity contribution in [3.63, 3.8) is 0 Å². The Morgan fingerprint density at radius 3 is 2.48 bits per heavy atom. The number of aromatic nitrogens is 2. The van der Waals surface area contributed by atoms with Crippen molar-refractivity contribution in [3.8, 4) is 0 Å². The van der Waals surface area contributed by atoms with E-state index < -0.39 is 5.60 Å². The monoisotopic (exact) mass is 318 g/mol. The fourth-order valence-electron chi connectivity index (χ4n) is 3.46. The number of rotatable bonds is 1. The summed E-state index contributed by atoms with van der Waals surface area (Å²) in [7, 11) is 0. The quantitative estimate of drug-likeness (QED) is 0.796. The van der Waals surface area contributed by atoms with Gasteiger partial charge >= 0.3 is 6.09 Å². The zero-order chi connectivity index (χ0) is 16.7. The highest BCUT2D eigenvalue weighted by Crippen LogP contribution is 2.41. The van der Waals surface area contributed by atoms with Crippen LogP contribution in [0.2, 0.25) is 0 Å². The van der Waals surface area contributed by atoms with E-state index in [2.05, 4.69) is 14.9 Å². The van der Waals surface area contributed by atoms with E-state index in [4.69, 9.17) is 4.74 Å². The number of likely N-dealkylation sites (tertiary alicyclic amines) is 1. The van der Waals surface area contributed by atoms with Gasteiger partial charge in [0.2, 0.25) is 0 Å². The summed E-state index contributed by atoms with van der Waals surface area (Å²) in [5, 5.41) is 0. The largest absolute Gasteiger partial charge is 0.444 e. The second-order valence-corrected chi connectivity index (χ2v) is 7.81. The van der Waals surface area contributed by atoms with Crippen molar-refractivity contribution in [3.05, 3.63) is 18.2 Å². The lowest BCUT2D eigenvalue weighted by Gasteiger charge is -2.27. The number of carbonyl (C=O) groups is 1. The molecule has 0 saturated carbocycles. The number of hydrogen-bond donors (Lipinski definition) is 0. The Labute approximate surface area is 137 Å². The van der Waals surface area contributed by atoms with Crippen molar-refractivity contribution in [1.82, 2.24) is 14.9 Å². The predicted molar refractivity (Wildman–Crippen MR) is 88.5 cm³/mol. The molecule has 6 nitrogen and oxygen atoms in total. The minimum atomic E-state index is -0.437. The van der Waals surface area contributed by atoms with E-state index in [9.17, 15) is 4.79 Å². The molecular formula is C17H26N4O2. The number of carbonyl (C=O) groups excluding carboxylic acids is 1. The molecule has 2 aliphatic heterocycles. The highest BCUT2D eigenvalue weighted by molar-refractivity contribution is 5.68. The Bertz CT molecular complexity index is 581. The van der Waals surface area contributed by atoms with Crippen molar-refractivity contribution in [1.29, 1.82) is 0 Å². The minimum Gasteiger partial charge on any atom is -0.444 e. The summed E-state index contributed by atoms with van der Waals surface area (Å²) >= 11 is 0. The maximum Gasteiger partial charge on any atom is 0.410 e. The molecule has 6 heteroatoms. The lowest BCUT2D eigenvalue weighted by molar-refractivity contribution is 0.0276. The van der Waals surface area contributed by atoms with Crippen molar-refractivity contribution in [2.24, 2.45) is 5.41 Å². The zero-order valence-corrected chi connectivity index (χ0v) is 14.5. The lowest BCUT2D eigenvalue weighted by Crippen LogP contribution is -2.37. The first-order chi connectivity index (χ1) is 10.8. The summed E-state index contributed by atoms with van der Waals surface area (Å²) in [6.45, 7) is 11.1. The molecule has 0 aliphatic carbocycles. The molecule has 1 amide bonds. The van der Waals surface area contributed by atoms with Crippen LogP contribution in [0.15, 0.2) is 12.4 Å². The normalized spacial score (nSPS) is 24.5. The molecule has 0 bridgehead atoms. The molecule has 1 aromatic rings. The van der Waals surface area contributed by atoms with Crippen LogP contribution in [-0.2, 0) is 4.74 Å². The maximum absolute atomic E-state index is 12.3. The Morgan fingerprint density at radius 1 is 1.17 bits per heavy atom. The Hall–Kier alpha value is -1.85. The van der Waals surface area contributed by atoms with E-state index in [1.807, 2.05) is 45.0 Å². The SMILES string of the molecule is Cc1ncc(N2CCC3(CCN(C(=O)OC(C)(C)C)C3)C2)cn1. The summed E-state index contributed by atoms with van der Waals surface area (Å²) in [5.74, 6) is 0.791. The topological polar surface area (TPSA) is 58.6 Å². The number of anilines is 1. The minimum absolute atomic E-state index is 0.182. The summed E-state index contributed by atoms with van der Waals surface area (Å²) in [6, 6.07) is 0. The van der Waals surface area contributed by atoms with E-state index in [-0.39, 0.29) is 11.5 Å². The molecule has 2 aliphatic rings. The first-order valence-electron chi connectivity index (χ1n) is 8.28. The summed E-state index contributed by atoms with van der Waals surface area (Å²) in [4.78, 5) is 25.0. The van der Waals surface area contributed by atoms with Crippen molar-refractivity contribution in [2.45, 2.75) is 46.1 Å². The molecule has 0 aromatic carbocycles. The average molecular weight is 318 g/mol. The van der Waals surface area contributed by atoms with Gasteiger partial charge in [-0.15, -0.1) is 0 Å². The van der Waals surface area contributed by atoms with Crippen LogP contribution in [0.5, 0.6) is 0 Å². The molecule has 23 heavy (non-hydrogen) atoms. The molecule has 3 rings (SSSR count). The highest BCUT2D eigenvalue weighted by Gasteiger charge is 2.45. The molecule has 0 N–H and O–H groups in total. The molecule has 1 atom stereocenters. The first-order valence-corrected chi connectivity index (χ1v) is 8.28. The molecule has 0 radical (unpaired) electrons. The van der Waals surface area contributed by atoms with Crippen LogP contribution < -0.4 is 4.90 Å². The van der Waals surface area contributed by atoms with Crippen LogP contribution in [0.4, 0.5) is 10.5 Å². The second-order valence-electron chi connectivity index (χ2n) is 7.81. The van der Waals surface area contributed by atoms with Gasteiger partial charge in [0.15, 0.2) is 0 Å². The van der Waals surface area contributed by atoms with Gasteiger partial charge in [-0.3, -0.25) is 0 Å². The van der Waals surface area contributed by atoms with Crippen molar-refractivity contribution in [2.75, 3.05) is 31.1 Å². The standard InChI is InChI=1S/C17H26N4O2/c1-13-18-9-14(10-19-13)20-7-5-17(11-20)6-8-21(12-17)15(22)23-16(2,3)4/h9-10H,5-8,11-12H2,1-4H3. The van der Waals surface area contributed by atoms with Crippen molar-refractivity contribution < 1.29 is 9.53 Å². The summed E-state index contributed by atoms with van der Waals surface area (Å²) in [5.41, 5.74) is 0.818. The number of hydrogen-bond acceptors (Lipinski definition) is 5. The Morgan fingerprint density at radius 2 is 1.83 bits per heavy atom. The van der Waals surface area contributed by atoms with Gasteiger partial charge in [-0.1, -0.05) is 0 Å². The lowest BCUT2D eigenvalue weighted by atomic mass is 9.86. The van der Waals surface area contributed by atoms with E-state index in [0.29, 0.717) is 0 Å². The zero-order valence-electron chi connectivity index (χ0n) is 14.5. The van der Waals surface area contributed by atoms with E-state index in [1.165, 1.54) is 0 Å². The van der Waals surface area contributed by atoms with Gasteiger partial charge in [0, 0.05) is 31.6 Å². The molecule has 2 saturated heterocycles. The van der Waals surface area contributed by atoms with Crippen LogP contribution in [0.25, 0.3) is 0 Å². The number of ether oxygens (including phenoxy) is 1. The second kappa shape index (κ2) is 5.65. The molecule has 126 valence electrons. The third-order valence-corrected chi connectivity index (χ3v) is 4.66. The highest BCUT2D eigenvalue weighted by atomic mass is 16.6. The number of aryl methyl sites for hydroxylation is 1. The van der Waals surface area contributed by atoms with Crippen LogP contribution in [0, 0.1) is 12.3 Å². The van der Waals surface area contributed by atoms with Gasteiger partial charge in [0.25, 0.3) is 0 Å². The maximum atomic E-state index is 12.3. The van der Waals surface area contributed by atoms with E-state index in [0.717, 1.165) is 50.5 Å². The third kappa shape index (κ3) is 3.57. The molecule has 1 unspecified atom stereocenters. The van der Waals surface area contributed by atoms with Crippen LogP contribution in [-0.4, -0.2) is 52.7 Å². The van der Waals surface area contributed by atoms with Crippen LogP contribution in [0.1, 0.15) is 39.4 Å². The Kier molecular flexibility index (Phi) is 3.94. The van der Waals surface area contributed by atoms with Gasteiger partial charge in [-0.25, -0.2) is 14.8 Å². The number of nitrogens with zero attached hydrogens (tertiary/aromatic N) is 4. The number of amides is 1. The first kappa shape index (κ1) is 16.0.